The van der Waals surface area contributed by atoms with Gasteiger partial charge in [-0.2, -0.15) is 0 Å². The van der Waals surface area contributed by atoms with Crippen LogP contribution in [0.2, 0.25) is 0 Å². The molecule has 21 heavy (non-hydrogen) atoms. The van der Waals surface area contributed by atoms with Crippen LogP contribution in [0.1, 0.15) is 59.8 Å². The van der Waals surface area contributed by atoms with E-state index in [-0.39, 0.29) is 17.9 Å². The Morgan fingerprint density at radius 1 is 1.19 bits per heavy atom. The number of carboxylic acids is 1. The minimum Gasteiger partial charge on any atom is -0.481 e. The fourth-order valence-electron chi connectivity index (χ4n) is 2.51. The van der Waals surface area contributed by atoms with Crippen molar-refractivity contribution in [1.82, 2.24) is 10.2 Å². The van der Waals surface area contributed by atoms with Crippen molar-refractivity contribution >= 4 is 12.0 Å². The van der Waals surface area contributed by atoms with Crippen molar-refractivity contribution in [2.24, 2.45) is 10.8 Å². The number of carbonyl (C=O) groups is 2. The lowest BCUT2D eigenvalue weighted by Gasteiger charge is -2.37. The van der Waals surface area contributed by atoms with Crippen molar-refractivity contribution in [3.8, 4) is 0 Å². The van der Waals surface area contributed by atoms with Crippen molar-refractivity contribution in [3.05, 3.63) is 0 Å². The maximum absolute atomic E-state index is 12.1. The van der Waals surface area contributed by atoms with Gasteiger partial charge in [-0.15, -0.1) is 0 Å². The van der Waals surface area contributed by atoms with Crippen molar-refractivity contribution in [2.45, 2.75) is 59.8 Å². The van der Waals surface area contributed by atoms with Gasteiger partial charge in [-0.05, 0) is 36.5 Å². The van der Waals surface area contributed by atoms with Gasteiger partial charge in [0, 0.05) is 26.1 Å². The van der Waals surface area contributed by atoms with Crippen molar-refractivity contribution < 1.29 is 14.7 Å². The molecule has 1 heterocycles. The van der Waals surface area contributed by atoms with E-state index in [4.69, 9.17) is 5.11 Å². The number of nitrogens with one attached hydrogen (secondary N) is 1. The van der Waals surface area contributed by atoms with E-state index in [0.717, 1.165) is 32.4 Å². The van der Waals surface area contributed by atoms with Crippen LogP contribution in [0.25, 0.3) is 0 Å². The number of hydrogen-bond donors (Lipinski definition) is 2. The van der Waals surface area contributed by atoms with Gasteiger partial charge in [-0.3, -0.25) is 4.79 Å². The van der Waals surface area contributed by atoms with E-state index in [9.17, 15) is 9.59 Å². The topological polar surface area (TPSA) is 69.6 Å². The van der Waals surface area contributed by atoms with Crippen LogP contribution in [-0.4, -0.2) is 41.6 Å². The van der Waals surface area contributed by atoms with Crippen molar-refractivity contribution in [2.75, 3.05) is 19.6 Å². The Balaban J connectivity index is 2.26. The summed E-state index contributed by atoms with van der Waals surface area (Å²) in [5.74, 6) is -0.761. The number of piperidine rings is 1. The highest BCUT2D eigenvalue weighted by Gasteiger charge is 2.28. The summed E-state index contributed by atoms with van der Waals surface area (Å²) in [6, 6.07) is 0.0135. The Morgan fingerprint density at radius 2 is 1.76 bits per heavy atom. The third-order valence-electron chi connectivity index (χ3n) is 4.50. The molecule has 2 amide bonds. The van der Waals surface area contributed by atoms with Crippen molar-refractivity contribution in [3.63, 3.8) is 0 Å². The largest absolute Gasteiger partial charge is 0.481 e. The van der Waals surface area contributed by atoms with Crippen LogP contribution >= 0.6 is 0 Å². The summed E-state index contributed by atoms with van der Waals surface area (Å²) in [5, 5.41) is 11.7. The molecule has 1 saturated heterocycles. The molecule has 0 radical (unpaired) electrons. The van der Waals surface area contributed by atoms with Gasteiger partial charge >= 0.3 is 12.0 Å². The molecule has 1 aliphatic rings. The van der Waals surface area contributed by atoms with E-state index < -0.39 is 5.97 Å². The predicted molar refractivity (Wildman–Crippen MR) is 83.3 cm³/mol. The number of amides is 2. The number of carboxylic acid groups (broad SMARTS) is 1. The first-order valence-electron chi connectivity index (χ1n) is 7.86. The standard InChI is InChI=1S/C16H30N2O3/c1-15(2,6-5-13(19)20)7-10-17-14(21)18-11-8-16(3,4)9-12-18/h5-12H2,1-4H3,(H,17,21)(H,19,20). The lowest BCUT2D eigenvalue weighted by molar-refractivity contribution is -0.137. The van der Waals surface area contributed by atoms with Gasteiger partial charge in [0.1, 0.15) is 0 Å². The first-order chi connectivity index (χ1) is 9.61. The van der Waals surface area contributed by atoms with Crippen LogP contribution in [0, 0.1) is 10.8 Å². The molecule has 122 valence electrons. The quantitative estimate of drug-likeness (QED) is 0.791. The molecule has 0 aliphatic carbocycles. The highest BCUT2D eigenvalue weighted by molar-refractivity contribution is 5.74. The molecule has 1 fully saturated rings. The van der Waals surface area contributed by atoms with E-state index in [1.807, 2.05) is 18.7 Å². The Hall–Kier alpha value is -1.26. The third kappa shape index (κ3) is 6.82. The summed E-state index contributed by atoms with van der Waals surface area (Å²) in [4.78, 5) is 24.6. The molecule has 0 saturated carbocycles. The highest BCUT2D eigenvalue weighted by atomic mass is 16.4. The molecular formula is C16H30N2O3. The number of rotatable bonds is 6. The summed E-state index contributed by atoms with van der Waals surface area (Å²) >= 11 is 0. The minimum absolute atomic E-state index is 0.0135. The van der Waals surface area contributed by atoms with Crippen LogP contribution in [0.4, 0.5) is 4.79 Å². The maximum Gasteiger partial charge on any atom is 0.317 e. The van der Waals surface area contributed by atoms with E-state index in [1.54, 1.807) is 0 Å². The summed E-state index contributed by atoms with van der Waals surface area (Å²) < 4.78 is 0. The molecule has 1 rings (SSSR count). The molecule has 5 heteroatoms. The minimum atomic E-state index is -0.761. The second-order valence-corrected chi connectivity index (χ2v) is 7.69. The van der Waals surface area contributed by atoms with Crippen molar-refractivity contribution in [1.29, 1.82) is 0 Å². The Kier molecular flexibility index (Phi) is 6.05. The number of aliphatic carboxylic acids is 1. The predicted octanol–water partition coefficient (Wildman–Crippen LogP) is 3.10. The zero-order valence-corrected chi connectivity index (χ0v) is 13.9. The first-order valence-corrected chi connectivity index (χ1v) is 7.86. The highest BCUT2D eigenvalue weighted by Crippen LogP contribution is 2.29. The molecule has 0 spiro atoms. The number of nitrogens with zero attached hydrogens (tertiary/aromatic N) is 1. The molecule has 1 aliphatic heterocycles. The molecule has 2 N–H and O–H groups in total. The van der Waals surface area contributed by atoms with Gasteiger partial charge in [0.15, 0.2) is 0 Å². The van der Waals surface area contributed by atoms with E-state index >= 15 is 0 Å². The molecular weight excluding hydrogens is 268 g/mol. The van der Waals surface area contributed by atoms with Gasteiger partial charge in [0.2, 0.25) is 0 Å². The molecule has 0 bridgehead atoms. The molecule has 0 aromatic carbocycles. The summed E-state index contributed by atoms with van der Waals surface area (Å²) in [5.41, 5.74) is 0.283. The zero-order chi connectivity index (χ0) is 16.1. The summed E-state index contributed by atoms with van der Waals surface area (Å²) in [6.07, 6.45) is 3.71. The lowest BCUT2D eigenvalue weighted by Crippen LogP contribution is -2.46. The maximum atomic E-state index is 12.1. The Bertz CT molecular complexity index is 368. The number of likely N-dealkylation sites (tertiary alicyclic amines) is 1. The van der Waals surface area contributed by atoms with Gasteiger partial charge in [-0.25, -0.2) is 4.79 Å². The van der Waals surface area contributed by atoms with Gasteiger partial charge < -0.3 is 15.3 Å². The molecule has 0 unspecified atom stereocenters. The van der Waals surface area contributed by atoms with Gasteiger partial charge in [0.25, 0.3) is 0 Å². The Morgan fingerprint density at radius 3 is 2.29 bits per heavy atom. The fourth-order valence-corrected chi connectivity index (χ4v) is 2.51. The second-order valence-electron chi connectivity index (χ2n) is 7.69. The van der Waals surface area contributed by atoms with E-state index in [2.05, 4.69) is 19.2 Å². The zero-order valence-electron chi connectivity index (χ0n) is 13.9. The summed E-state index contributed by atoms with van der Waals surface area (Å²) in [6.45, 7) is 10.8. The normalized spacial score (nSPS) is 18.4. The van der Waals surface area contributed by atoms with Crippen LogP contribution in [0.3, 0.4) is 0 Å². The SMILES string of the molecule is CC(C)(CCNC(=O)N1CCC(C)(C)CC1)CCC(=O)O. The average molecular weight is 298 g/mol. The monoisotopic (exact) mass is 298 g/mol. The second kappa shape index (κ2) is 7.14. The van der Waals surface area contributed by atoms with Crippen LogP contribution in [0.5, 0.6) is 0 Å². The third-order valence-corrected chi connectivity index (χ3v) is 4.50. The van der Waals surface area contributed by atoms with Gasteiger partial charge in [0.05, 0.1) is 0 Å². The first kappa shape index (κ1) is 17.8. The van der Waals surface area contributed by atoms with E-state index in [0.29, 0.717) is 18.4 Å². The summed E-state index contributed by atoms with van der Waals surface area (Å²) in [7, 11) is 0. The Labute approximate surface area is 128 Å². The molecule has 0 aromatic heterocycles. The fraction of sp³-hybridized carbons (Fsp3) is 0.875. The van der Waals surface area contributed by atoms with Crippen LogP contribution in [-0.2, 0) is 4.79 Å². The van der Waals surface area contributed by atoms with E-state index in [1.165, 1.54) is 0 Å². The number of hydrogen-bond acceptors (Lipinski definition) is 2. The smallest absolute Gasteiger partial charge is 0.317 e. The number of urea groups is 1. The van der Waals surface area contributed by atoms with Crippen LogP contribution in [0.15, 0.2) is 0 Å². The lowest BCUT2D eigenvalue weighted by atomic mass is 9.83. The average Bonchev–Trinajstić information content (AvgIpc) is 2.36. The van der Waals surface area contributed by atoms with Gasteiger partial charge in [-0.1, -0.05) is 27.7 Å². The van der Waals surface area contributed by atoms with Crippen LogP contribution < -0.4 is 5.32 Å². The number of carbonyl (C=O) groups excluding carboxylic acids is 1. The molecule has 5 nitrogen and oxygen atoms in total. The molecule has 0 aromatic rings. The molecule has 0 atom stereocenters.